The molecule has 0 radical (unpaired) electrons. The van der Waals surface area contributed by atoms with Crippen LogP contribution in [0.3, 0.4) is 0 Å². The first-order chi connectivity index (χ1) is 8.67. The van der Waals surface area contributed by atoms with Crippen molar-refractivity contribution in [2.24, 2.45) is 0 Å². The number of hydrogen-bond donors (Lipinski definition) is 1. The van der Waals surface area contributed by atoms with Gasteiger partial charge >= 0.3 is 0 Å². The molecule has 0 aliphatic heterocycles. The average Bonchev–Trinajstić information content (AvgIpc) is 2.75. The van der Waals surface area contributed by atoms with E-state index in [0.29, 0.717) is 5.02 Å². The van der Waals surface area contributed by atoms with E-state index in [1.165, 1.54) is 0 Å². The van der Waals surface area contributed by atoms with E-state index >= 15 is 0 Å². The number of benzene rings is 1. The fourth-order valence-corrected chi connectivity index (χ4v) is 2.09. The van der Waals surface area contributed by atoms with Crippen LogP contribution in [0.15, 0.2) is 30.9 Å². The largest absolute Gasteiger partial charge is 0.277 e. The fourth-order valence-electron chi connectivity index (χ4n) is 1.92. The topological polar surface area (TPSA) is 28.7 Å². The van der Waals surface area contributed by atoms with Crippen LogP contribution in [0.2, 0.25) is 5.02 Å². The standard InChI is InChI=1S/C15H15ClN2/c1-4-6-14-12(5-2)15(18-17-14)13-9-11(16)8-7-10(13)3/h4-9H,2H2,1,3H3,(H,17,18)/b6-4-. The van der Waals surface area contributed by atoms with Gasteiger partial charge in [-0.05, 0) is 37.6 Å². The van der Waals surface area contributed by atoms with Crippen molar-refractivity contribution in [3.05, 3.63) is 52.7 Å². The van der Waals surface area contributed by atoms with Crippen LogP contribution in [-0.4, -0.2) is 10.2 Å². The van der Waals surface area contributed by atoms with Gasteiger partial charge in [0, 0.05) is 16.1 Å². The number of aryl methyl sites for hydroxylation is 1. The minimum absolute atomic E-state index is 0.709. The van der Waals surface area contributed by atoms with Crippen LogP contribution in [0.5, 0.6) is 0 Å². The average molecular weight is 259 g/mol. The van der Waals surface area contributed by atoms with Gasteiger partial charge in [0.05, 0.1) is 5.69 Å². The molecule has 3 heteroatoms. The molecule has 0 amide bonds. The van der Waals surface area contributed by atoms with Crippen LogP contribution in [0.25, 0.3) is 23.4 Å². The molecule has 0 saturated carbocycles. The molecule has 0 spiro atoms. The first kappa shape index (κ1) is 12.7. The molecule has 1 N–H and O–H groups in total. The van der Waals surface area contributed by atoms with Crippen molar-refractivity contribution in [1.82, 2.24) is 10.2 Å². The monoisotopic (exact) mass is 258 g/mol. The third-order valence-corrected chi connectivity index (χ3v) is 3.06. The van der Waals surface area contributed by atoms with Crippen molar-refractivity contribution in [1.29, 1.82) is 0 Å². The zero-order chi connectivity index (χ0) is 13.1. The number of nitrogens with one attached hydrogen (secondary N) is 1. The predicted octanol–water partition coefficient (Wildman–Crippen LogP) is 4.71. The van der Waals surface area contributed by atoms with Gasteiger partial charge in [0.2, 0.25) is 0 Å². The minimum Gasteiger partial charge on any atom is -0.277 e. The van der Waals surface area contributed by atoms with Gasteiger partial charge in [-0.3, -0.25) is 5.10 Å². The summed E-state index contributed by atoms with van der Waals surface area (Å²) in [6, 6.07) is 5.81. The maximum atomic E-state index is 6.05. The first-order valence-corrected chi connectivity index (χ1v) is 6.15. The summed E-state index contributed by atoms with van der Waals surface area (Å²) in [5, 5.41) is 8.10. The maximum Gasteiger partial charge on any atom is 0.100 e. The van der Waals surface area contributed by atoms with E-state index in [1.807, 2.05) is 50.3 Å². The normalized spacial score (nSPS) is 11.1. The molecule has 0 fully saturated rings. The molecule has 0 aliphatic rings. The summed E-state index contributed by atoms with van der Waals surface area (Å²) < 4.78 is 0. The zero-order valence-electron chi connectivity index (χ0n) is 10.5. The van der Waals surface area contributed by atoms with Crippen LogP contribution >= 0.6 is 11.6 Å². The summed E-state index contributed by atoms with van der Waals surface area (Å²) in [4.78, 5) is 0. The van der Waals surface area contributed by atoms with Crippen LogP contribution in [0.4, 0.5) is 0 Å². The highest BCUT2D eigenvalue weighted by atomic mass is 35.5. The molecule has 1 aromatic heterocycles. The highest BCUT2D eigenvalue weighted by Crippen LogP contribution is 2.30. The second kappa shape index (κ2) is 5.23. The highest BCUT2D eigenvalue weighted by molar-refractivity contribution is 6.30. The van der Waals surface area contributed by atoms with Gasteiger partial charge in [-0.15, -0.1) is 0 Å². The number of H-pyrrole nitrogens is 1. The Morgan fingerprint density at radius 3 is 2.83 bits per heavy atom. The molecule has 0 bridgehead atoms. The maximum absolute atomic E-state index is 6.05. The van der Waals surface area contributed by atoms with E-state index in [9.17, 15) is 0 Å². The van der Waals surface area contributed by atoms with E-state index < -0.39 is 0 Å². The molecule has 18 heavy (non-hydrogen) atoms. The Bertz CT molecular complexity index is 609. The first-order valence-electron chi connectivity index (χ1n) is 5.77. The Kier molecular flexibility index (Phi) is 3.68. The van der Waals surface area contributed by atoms with Gasteiger partial charge in [-0.2, -0.15) is 5.10 Å². The lowest BCUT2D eigenvalue weighted by Gasteiger charge is -2.04. The molecule has 0 atom stereocenters. The number of hydrogen-bond acceptors (Lipinski definition) is 1. The van der Waals surface area contributed by atoms with Crippen LogP contribution in [0.1, 0.15) is 23.7 Å². The van der Waals surface area contributed by atoms with E-state index in [1.54, 1.807) is 0 Å². The molecule has 1 heterocycles. The van der Waals surface area contributed by atoms with Gasteiger partial charge in [-0.25, -0.2) is 0 Å². The van der Waals surface area contributed by atoms with Gasteiger partial charge in [0.15, 0.2) is 0 Å². The summed E-state index contributed by atoms with van der Waals surface area (Å²) >= 11 is 6.05. The van der Waals surface area contributed by atoms with Crippen molar-refractivity contribution < 1.29 is 0 Å². The summed E-state index contributed by atoms with van der Waals surface area (Å²) in [5.74, 6) is 0. The molecular weight excluding hydrogens is 244 g/mol. The Labute approximate surface area is 112 Å². The van der Waals surface area contributed by atoms with Crippen LogP contribution in [-0.2, 0) is 0 Å². The summed E-state index contributed by atoms with van der Waals surface area (Å²) in [6.07, 6.45) is 5.76. The highest BCUT2D eigenvalue weighted by Gasteiger charge is 2.12. The van der Waals surface area contributed by atoms with E-state index in [0.717, 1.165) is 28.1 Å². The Hall–Kier alpha value is -1.80. The quantitative estimate of drug-likeness (QED) is 0.848. The smallest absolute Gasteiger partial charge is 0.100 e. The Morgan fingerprint density at radius 2 is 2.17 bits per heavy atom. The number of nitrogens with zero attached hydrogens (tertiary/aromatic N) is 1. The summed E-state index contributed by atoms with van der Waals surface area (Å²) in [7, 11) is 0. The number of halogens is 1. The van der Waals surface area contributed by atoms with Crippen molar-refractivity contribution in [2.75, 3.05) is 0 Å². The van der Waals surface area contributed by atoms with Gasteiger partial charge in [-0.1, -0.05) is 36.4 Å². The van der Waals surface area contributed by atoms with Crippen LogP contribution < -0.4 is 0 Å². The van der Waals surface area contributed by atoms with Gasteiger partial charge in [0.25, 0.3) is 0 Å². The van der Waals surface area contributed by atoms with Gasteiger partial charge < -0.3 is 0 Å². The molecule has 2 rings (SSSR count). The van der Waals surface area contributed by atoms with E-state index in [-0.39, 0.29) is 0 Å². The zero-order valence-corrected chi connectivity index (χ0v) is 11.3. The lowest BCUT2D eigenvalue weighted by atomic mass is 10.0. The number of rotatable bonds is 3. The third-order valence-electron chi connectivity index (χ3n) is 2.83. The molecule has 1 aromatic carbocycles. The molecule has 0 aliphatic carbocycles. The molecule has 2 nitrogen and oxygen atoms in total. The number of aromatic amines is 1. The van der Waals surface area contributed by atoms with Crippen molar-refractivity contribution in [3.8, 4) is 11.3 Å². The molecule has 0 unspecified atom stereocenters. The van der Waals surface area contributed by atoms with Crippen LogP contribution in [0, 0.1) is 6.92 Å². The predicted molar refractivity (Wildman–Crippen MR) is 78.6 cm³/mol. The fraction of sp³-hybridized carbons (Fsp3) is 0.133. The second-order valence-corrected chi connectivity index (χ2v) is 4.50. The van der Waals surface area contributed by atoms with Crippen molar-refractivity contribution in [2.45, 2.75) is 13.8 Å². The molecule has 0 saturated heterocycles. The third kappa shape index (κ3) is 2.24. The molecule has 92 valence electrons. The van der Waals surface area contributed by atoms with Crippen molar-refractivity contribution >= 4 is 23.8 Å². The van der Waals surface area contributed by atoms with E-state index in [2.05, 4.69) is 16.8 Å². The Morgan fingerprint density at radius 1 is 1.39 bits per heavy atom. The van der Waals surface area contributed by atoms with Crippen molar-refractivity contribution in [3.63, 3.8) is 0 Å². The lowest BCUT2D eigenvalue weighted by Crippen LogP contribution is -1.86. The lowest BCUT2D eigenvalue weighted by molar-refractivity contribution is 1.08. The van der Waals surface area contributed by atoms with Gasteiger partial charge in [0.1, 0.15) is 5.69 Å². The summed E-state index contributed by atoms with van der Waals surface area (Å²) in [6.45, 7) is 7.87. The SMILES string of the molecule is C=Cc1c(-c2cc(Cl)ccc2C)n[nH]c1/C=C\C. The van der Waals surface area contributed by atoms with E-state index in [4.69, 9.17) is 11.6 Å². The molecular formula is C15H15ClN2. The Balaban J connectivity index is 2.64. The number of aromatic nitrogens is 2. The second-order valence-electron chi connectivity index (χ2n) is 4.06. The minimum atomic E-state index is 0.709. The summed E-state index contributed by atoms with van der Waals surface area (Å²) in [5.41, 5.74) is 5.02. The molecule has 2 aromatic rings. The number of allylic oxidation sites excluding steroid dienone is 1.